The number of carboxylic acids is 1. The van der Waals surface area contributed by atoms with E-state index in [1.54, 1.807) is 13.2 Å². The zero-order valence-electron chi connectivity index (χ0n) is 11.8. The van der Waals surface area contributed by atoms with Gasteiger partial charge < -0.3 is 15.6 Å². The molecule has 1 aromatic rings. The van der Waals surface area contributed by atoms with Crippen molar-refractivity contribution in [3.63, 3.8) is 0 Å². The SMILES string of the molecule is COc1ccc(C(CN)C(=O)O)cc1CN1CCCC1. The van der Waals surface area contributed by atoms with Gasteiger partial charge in [-0.3, -0.25) is 9.69 Å². The van der Waals surface area contributed by atoms with Crippen LogP contribution in [0.25, 0.3) is 0 Å². The smallest absolute Gasteiger partial charge is 0.312 e. The first-order chi connectivity index (χ1) is 9.65. The Morgan fingerprint density at radius 3 is 2.70 bits per heavy atom. The van der Waals surface area contributed by atoms with Gasteiger partial charge in [-0.1, -0.05) is 6.07 Å². The summed E-state index contributed by atoms with van der Waals surface area (Å²) in [6.45, 7) is 3.08. The molecule has 0 bridgehead atoms. The molecule has 1 heterocycles. The van der Waals surface area contributed by atoms with Crippen molar-refractivity contribution in [2.75, 3.05) is 26.7 Å². The van der Waals surface area contributed by atoms with E-state index in [1.165, 1.54) is 12.8 Å². The Morgan fingerprint density at radius 1 is 1.45 bits per heavy atom. The normalized spacial score (nSPS) is 17.1. The average molecular weight is 278 g/mol. The fourth-order valence-corrected chi connectivity index (χ4v) is 2.70. The number of nitrogens with two attached hydrogens (primary N) is 1. The molecule has 1 aromatic carbocycles. The second-order valence-corrected chi connectivity index (χ2v) is 5.18. The summed E-state index contributed by atoms with van der Waals surface area (Å²) >= 11 is 0. The number of nitrogens with zero attached hydrogens (tertiary/aromatic N) is 1. The first kappa shape index (κ1) is 14.8. The van der Waals surface area contributed by atoms with Gasteiger partial charge in [0.05, 0.1) is 13.0 Å². The Balaban J connectivity index is 2.25. The van der Waals surface area contributed by atoms with Crippen LogP contribution in [0.15, 0.2) is 18.2 Å². The van der Waals surface area contributed by atoms with Crippen molar-refractivity contribution in [2.45, 2.75) is 25.3 Å². The molecule has 3 N–H and O–H groups in total. The third kappa shape index (κ3) is 3.29. The van der Waals surface area contributed by atoms with Gasteiger partial charge in [0.25, 0.3) is 0 Å². The Labute approximate surface area is 119 Å². The van der Waals surface area contributed by atoms with Crippen LogP contribution < -0.4 is 10.5 Å². The summed E-state index contributed by atoms with van der Waals surface area (Å²) < 4.78 is 5.38. The Hall–Kier alpha value is -1.59. The predicted octanol–water partition coefficient (Wildman–Crippen LogP) is 1.42. The third-order valence-corrected chi connectivity index (χ3v) is 3.83. The highest BCUT2D eigenvalue weighted by molar-refractivity contribution is 5.76. The van der Waals surface area contributed by atoms with Crippen molar-refractivity contribution >= 4 is 5.97 Å². The molecule has 20 heavy (non-hydrogen) atoms. The quantitative estimate of drug-likeness (QED) is 0.823. The molecule has 0 aliphatic carbocycles. The highest BCUT2D eigenvalue weighted by Crippen LogP contribution is 2.26. The van der Waals surface area contributed by atoms with Crippen LogP contribution in [0.1, 0.15) is 29.9 Å². The summed E-state index contributed by atoms with van der Waals surface area (Å²) in [5, 5.41) is 9.21. The lowest BCUT2D eigenvalue weighted by Crippen LogP contribution is -2.22. The summed E-state index contributed by atoms with van der Waals surface area (Å²) in [6, 6.07) is 5.55. The topological polar surface area (TPSA) is 75.8 Å². The number of carbonyl (C=O) groups is 1. The fourth-order valence-electron chi connectivity index (χ4n) is 2.70. The molecular weight excluding hydrogens is 256 g/mol. The van der Waals surface area contributed by atoms with Crippen LogP contribution in [0, 0.1) is 0 Å². The summed E-state index contributed by atoms with van der Waals surface area (Å²) in [5.41, 5.74) is 7.35. The van der Waals surface area contributed by atoms with Crippen LogP contribution in [0.5, 0.6) is 5.75 Å². The molecule has 2 rings (SSSR count). The molecule has 1 saturated heterocycles. The standard InChI is InChI=1S/C15H22N2O3/c1-20-14-5-4-11(13(9-16)15(18)19)8-12(14)10-17-6-2-3-7-17/h4-5,8,13H,2-3,6-7,9-10,16H2,1H3,(H,18,19). The van der Waals surface area contributed by atoms with Crippen LogP contribution in [-0.4, -0.2) is 42.7 Å². The van der Waals surface area contributed by atoms with Gasteiger partial charge in [-0.2, -0.15) is 0 Å². The Kier molecular flexibility index (Phi) is 4.98. The van der Waals surface area contributed by atoms with Gasteiger partial charge in [0.15, 0.2) is 0 Å². The van der Waals surface area contributed by atoms with Gasteiger partial charge in [0.1, 0.15) is 5.75 Å². The third-order valence-electron chi connectivity index (χ3n) is 3.83. The van der Waals surface area contributed by atoms with Crippen molar-refractivity contribution in [1.82, 2.24) is 4.90 Å². The zero-order valence-corrected chi connectivity index (χ0v) is 11.8. The van der Waals surface area contributed by atoms with E-state index in [0.29, 0.717) is 0 Å². The lowest BCUT2D eigenvalue weighted by atomic mass is 9.97. The number of likely N-dealkylation sites (tertiary alicyclic amines) is 1. The van der Waals surface area contributed by atoms with Gasteiger partial charge in [-0.25, -0.2) is 0 Å². The van der Waals surface area contributed by atoms with Crippen molar-refractivity contribution in [3.8, 4) is 5.75 Å². The van der Waals surface area contributed by atoms with E-state index in [2.05, 4.69) is 4.90 Å². The van der Waals surface area contributed by atoms with Crippen LogP contribution in [0.3, 0.4) is 0 Å². The minimum absolute atomic E-state index is 0.102. The number of aliphatic carboxylic acids is 1. The lowest BCUT2D eigenvalue weighted by molar-refractivity contribution is -0.138. The van der Waals surface area contributed by atoms with E-state index in [-0.39, 0.29) is 6.54 Å². The maximum atomic E-state index is 11.2. The molecule has 0 radical (unpaired) electrons. The summed E-state index contributed by atoms with van der Waals surface area (Å²) in [4.78, 5) is 13.6. The van der Waals surface area contributed by atoms with E-state index in [9.17, 15) is 9.90 Å². The van der Waals surface area contributed by atoms with Crippen molar-refractivity contribution in [3.05, 3.63) is 29.3 Å². The van der Waals surface area contributed by atoms with E-state index < -0.39 is 11.9 Å². The van der Waals surface area contributed by atoms with Crippen LogP contribution in [0.4, 0.5) is 0 Å². The molecule has 1 unspecified atom stereocenters. The number of ether oxygens (including phenoxy) is 1. The second-order valence-electron chi connectivity index (χ2n) is 5.18. The van der Waals surface area contributed by atoms with Gasteiger partial charge in [0, 0.05) is 18.7 Å². The molecule has 0 spiro atoms. The highest BCUT2D eigenvalue weighted by Gasteiger charge is 2.20. The predicted molar refractivity (Wildman–Crippen MR) is 76.9 cm³/mol. The monoisotopic (exact) mass is 278 g/mol. The largest absolute Gasteiger partial charge is 0.496 e. The molecule has 0 aromatic heterocycles. The van der Waals surface area contributed by atoms with E-state index in [0.717, 1.165) is 36.5 Å². The van der Waals surface area contributed by atoms with Crippen LogP contribution >= 0.6 is 0 Å². The number of hydrogen-bond donors (Lipinski definition) is 2. The molecule has 1 aliphatic rings. The number of rotatable bonds is 6. The minimum Gasteiger partial charge on any atom is -0.496 e. The molecule has 1 atom stereocenters. The van der Waals surface area contributed by atoms with Gasteiger partial charge >= 0.3 is 5.97 Å². The molecule has 1 fully saturated rings. The van der Waals surface area contributed by atoms with Crippen molar-refractivity contribution in [1.29, 1.82) is 0 Å². The zero-order chi connectivity index (χ0) is 14.5. The number of carboxylic acid groups (broad SMARTS) is 1. The molecular formula is C15H22N2O3. The number of benzene rings is 1. The maximum Gasteiger partial charge on any atom is 0.312 e. The average Bonchev–Trinajstić information content (AvgIpc) is 2.92. The molecule has 0 saturated carbocycles. The maximum absolute atomic E-state index is 11.2. The first-order valence-electron chi connectivity index (χ1n) is 6.97. The summed E-state index contributed by atoms with van der Waals surface area (Å²) in [5.74, 6) is -0.732. The Morgan fingerprint density at radius 2 is 2.15 bits per heavy atom. The van der Waals surface area contributed by atoms with Crippen molar-refractivity contribution in [2.24, 2.45) is 5.73 Å². The molecule has 5 nitrogen and oxygen atoms in total. The van der Waals surface area contributed by atoms with Gasteiger partial charge in [-0.15, -0.1) is 0 Å². The fraction of sp³-hybridized carbons (Fsp3) is 0.533. The molecule has 5 heteroatoms. The van der Waals surface area contributed by atoms with E-state index in [4.69, 9.17) is 10.5 Å². The Bertz CT molecular complexity index is 470. The molecule has 0 amide bonds. The summed E-state index contributed by atoms with van der Waals surface area (Å²) in [6.07, 6.45) is 2.45. The summed E-state index contributed by atoms with van der Waals surface area (Å²) in [7, 11) is 1.64. The van der Waals surface area contributed by atoms with Gasteiger partial charge in [0.2, 0.25) is 0 Å². The lowest BCUT2D eigenvalue weighted by Gasteiger charge is -2.19. The first-order valence-corrected chi connectivity index (χ1v) is 6.97. The van der Waals surface area contributed by atoms with Crippen LogP contribution in [-0.2, 0) is 11.3 Å². The van der Waals surface area contributed by atoms with E-state index >= 15 is 0 Å². The minimum atomic E-state index is -0.884. The molecule has 110 valence electrons. The number of hydrogen-bond acceptors (Lipinski definition) is 4. The van der Waals surface area contributed by atoms with Gasteiger partial charge in [-0.05, 0) is 43.6 Å². The molecule has 1 aliphatic heterocycles. The highest BCUT2D eigenvalue weighted by atomic mass is 16.5. The second kappa shape index (κ2) is 6.72. The number of methoxy groups -OCH3 is 1. The van der Waals surface area contributed by atoms with E-state index in [1.807, 2.05) is 12.1 Å². The van der Waals surface area contributed by atoms with Crippen molar-refractivity contribution < 1.29 is 14.6 Å². The van der Waals surface area contributed by atoms with Crippen LogP contribution in [0.2, 0.25) is 0 Å².